The van der Waals surface area contributed by atoms with E-state index in [1.54, 1.807) is 18.4 Å². The van der Waals surface area contributed by atoms with E-state index in [1.165, 1.54) is 0 Å². The lowest BCUT2D eigenvalue weighted by Gasteiger charge is -2.07. The van der Waals surface area contributed by atoms with Gasteiger partial charge in [-0.05, 0) is 35.2 Å². The van der Waals surface area contributed by atoms with Crippen molar-refractivity contribution in [2.24, 2.45) is 0 Å². The van der Waals surface area contributed by atoms with Crippen molar-refractivity contribution >= 4 is 33.0 Å². The largest absolute Gasteiger partial charge is 0.497 e. The van der Waals surface area contributed by atoms with Gasteiger partial charge in [-0.15, -0.1) is 11.3 Å². The predicted molar refractivity (Wildman–Crippen MR) is 82.0 cm³/mol. The molecule has 3 aromatic rings. The van der Waals surface area contributed by atoms with Crippen molar-refractivity contribution < 1.29 is 9.47 Å². The van der Waals surface area contributed by atoms with Gasteiger partial charge < -0.3 is 9.47 Å². The van der Waals surface area contributed by atoms with Gasteiger partial charge >= 0.3 is 0 Å². The van der Waals surface area contributed by atoms with E-state index in [0.29, 0.717) is 17.6 Å². The number of pyridine rings is 1. The number of fused-ring (bicyclic) bond motifs is 1. The number of nitrogens with zero attached hydrogens (tertiary/aromatic N) is 1. The summed E-state index contributed by atoms with van der Waals surface area (Å²) in [5.41, 5.74) is 1.05. The highest BCUT2D eigenvalue weighted by atomic mass is 35.5. The van der Waals surface area contributed by atoms with Gasteiger partial charge in [0.1, 0.15) is 17.5 Å². The van der Waals surface area contributed by atoms with Crippen LogP contribution in [0.2, 0.25) is 5.15 Å². The first-order valence-corrected chi connectivity index (χ1v) is 7.31. The Labute approximate surface area is 125 Å². The van der Waals surface area contributed by atoms with Crippen molar-refractivity contribution in [1.29, 1.82) is 0 Å². The lowest BCUT2D eigenvalue weighted by atomic mass is 10.2. The highest BCUT2D eigenvalue weighted by Gasteiger charge is 2.08. The molecule has 0 fully saturated rings. The Morgan fingerprint density at radius 3 is 2.75 bits per heavy atom. The summed E-state index contributed by atoms with van der Waals surface area (Å²) in [5, 5.41) is 3.50. The van der Waals surface area contributed by atoms with Gasteiger partial charge in [0, 0.05) is 5.39 Å². The van der Waals surface area contributed by atoms with Gasteiger partial charge in [0.2, 0.25) is 5.88 Å². The van der Waals surface area contributed by atoms with Crippen LogP contribution < -0.4 is 9.47 Å². The molecule has 3 rings (SSSR count). The van der Waals surface area contributed by atoms with E-state index in [0.717, 1.165) is 21.4 Å². The summed E-state index contributed by atoms with van der Waals surface area (Å²) in [6.07, 6.45) is 0. The molecule has 5 heteroatoms. The topological polar surface area (TPSA) is 31.4 Å². The summed E-state index contributed by atoms with van der Waals surface area (Å²) in [6.45, 7) is 0.449. The van der Waals surface area contributed by atoms with Crippen molar-refractivity contribution in [1.82, 2.24) is 4.98 Å². The number of benzene rings is 1. The van der Waals surface area contributed by atoms with Crippen LogP contribution in [0.15, 0.2) is 41.8 Å². The minimum atomic E-state index is 0.445. The number of thiophene rings is 1. The van der Waals surface area contributed by atoms with E-state index in [4.69, 9.17) is 21.1 Å². The molecule has 1 aromatic carbocycles. The standard InChI is InChI=1S/C15H12ClNO2S/c1-18-12-4-2-10(3-5-12)9-19-15-14-11(6-7-20-14)8-13(16)17-15/h2-8H,9H2,1H3. The molecule has 2 heterocycles. The minimum Gasteiger partial charge on any atom is -0.497 e. The number of methoxy groups -OCH3 is 1. The molecule has 3 nitrogen and oxygen atoms in total. The van der Waals surface area contributed by atoms with Crippen molar-refractivity contribution in [2.75, 3.05) is 7.11 Å². The highest BCUT2D eigenvalue weighted by Crippen LogP contribution is 2.31. The molecule has 0 atom stereocenters. The molecule has 102 valence electrons. The second-order valence-corrected chi connectivity index (χ2v) is 5.53. The van der Waals surface area contributed by atoms with Crippen LogP contribution in [0, 0.1) is 0 Å². The number of ether oxygens (including phenoxy) is 2. The fourth-order valence-electron chi connectivity index (χ4n) is 1.89. The van der Waals surface area contributed by atoms with Crippen molar-refractivity contribution in [2.45, 2.75) is 6.61 Å². The molecular formula is C15H12ClNO2S. The summed E-state index contributed by atoms with van der Waals surface area (Å²) in [6, 6.07) is 11.6. The molecule has 0 unspecified atom stereocenters. The lowest BCUT2D eigenvalue weighted by Crippen LogP contribution is -1.97. The molecule has 0 radical (unpaired) electrons. The second-order valence-electron chi connectivity index (χ2n) is 4.23. The Bertz CT molecular complexity index is 724. The summed E-state index contributed by atoms with van der Waals surface area (Å²) in [7, 11) is 1.65. The van der Waals surface area contributed by atoms with Crippen LogP contribution in [0.25, 0.3) is 10.1 Å². The molecule has 20 heavy (non-hydrogen) atoms. The lowest BCUT2D eigenvalue weighted by molar-refractivity contribution is 0.298. The molecule has 0 aliphatic heterocycles. The SMILES string of the molecule is COc1ccc(COc2nc(Cl)cc3ccsc23)cc1. The molecule has 0 amide bonds. The molecule has 0 saturated carbocycles. The zero-order valence-electron chi connectivity index (χ0n) is 10.8. The van der Waals surface area contributed by atoms with E-state index in [2.05, 4.69) is 4.98 Å². The molecule has 0 saturated heterocycles. The molecule has 0 spiro atoms. The first-order valence-electron chi connectivity index (χ1n) is 6.06. The molecule has 0 bridgehead atoms. The average molecular weight is 306 g/mol. The van der Waals surface area contributed by atoms with Crippen LogP contribution in [-0.2, 0) is 6.61 Å². The molecule has 0 aliphatic carbocycles. The monoisotopic (exact) mass is 305 g/mol. The molecule has 0 N–H and O–H groups in total. The number of rotatable bonds is 4. The summed E-state index contributed by atoms with van der Waals surface area (Å²) >= 11 is 7.60. The third-order valence-electron chi connectivity index (χ3n) is 2.91. The van der Waals surface area contributed by atoms with E-state index in [1.807, 2.05) is 41.8 Å². The minimum absolute atomic E-state index is 0.445. The van der Waals surface area contributed by atoms with Gasteiger partial charge in [0.15, 0.2) is 0 Å². The number of hydrogen-bond donors (Lipinski definition) is 0. The summed E-state index contributed by atoms with van der Waals surface area (Å²) in [4.78, 5) is 4.25. The van der Waals surface area contributed by atoms with Gasteiger partial charge in [0.25, 0.3) is 0 Å². The van der Waals surface area contributed by atoms with Crippen molar-refractivity contribution in [3.05, 3.63) is 52.5 Å². The van der Waals surface area contributed by atoms with Gasteiger partial charge in [-0.1, -0.05) is 23.7 Å². The number of halogens is 1. The fraction of sp³-hybridized carbons (Fsp3) is 0.133. The Kier molecular flexibility index (Phi) is 3.76. The van der Waals surface area contributed by atoms with Crippen molar-refractivity contribution in [3.8, 4) is 11.6 Å². The average Bonchev–Trinajstić information content (AvgIpc) is 2.93. The summed E-state index contributed by atoms with van der Waals surface area (Å²) < 4.78 is 11.9. The van der Waals surface area contributed by atoms with E-state index >= 15 is 0 Å². The molecule has 2 aromatic heterocycles. The molecule has 0 aliphatic rings. The third-order valence-corrected chi connectivity index (χ3v) is 4.02. The van der Waals surface area contributed by atoms with Gasteiger partial charge in [-0.25, -0.2) is 4.98 Å². The summed E-state index contributed by atoms with van der Waals surface area (Å²) in [5.74, 6) is 1.41. The first kappa shape index (κ1) is 13.2. The smallest absolute Gasteiger partial charge is 0.233 e. The van der Waals surface area contributed by atoms with Crippen LogP contribution in [0.3, 0.4) is 0 Å². The zero-order chi connectivity index (χ0) is 13.9. The van der Waals surface area contributed by atoms with E-state index in [-0.39, 0.29) is 0 Å². The van der Waals surface area contributed by atoms with Gasteiger partial charge in [0.05, 0.1) is 11.8 Å². The third kappa shape index (κ3) is 2.71. The molecular weight excluding hydrogens is 294 g/mol. The van der Waals surface area contributed by atoms with Gasteiger partial charge in [-0.2, -0.15) is 0 Å². The van der Waals surface area contributed by atoms with Crippen molar-refractivity contribution in [3.63, 3.8) is 0 Å². The van der Waals surface area contributed by atoms with E-state index < -0.39 is 0 Å². The Balaban J connectivity index is 1.80. The van der Waals surface area contributed by atoms with E-state index in [9.17, 15) is 0 Å². The number of aromatic nitrogens is 1. The fourth-order valence-corrected chi connectivity index (χ4v) is 2.90. The maximum Gasteiger partial charge on any atom is 0.233 e. The van der Waals surface area contributed by atoms with Crippen LogP contribution in [-0.4, -0.2) is 12.1 Å². The number of hydrogen-bond acceptors (Lipinski definition) is 4. The van der Waals surface area contributed by atoms with Crippen LogP contribution in [0.1, 0.15) is 5.56 Å². The first-order chi connectivity index (χ1) is 9.76. The Morgan fingerprint density at radius 2 is 2.00 bits per heavy atom. The maximum atomic E-state index is 6.00. The van der Waals surface area contributed by atoms with Crippen LogP contribution in [0.4, 0.5) is 0 Å². The maximum absolute atomic E-state index is 6.00. The normalized spacial score (nSPS) is 10.7. The second kappa shape index (κ2) is 5.69. The zero-order valence-corrected chi connectivity index (χ0v) is 12.4. The highest BCUT2D eigenvalue weighted by molar-refractivity contribution is 7.17. The van der Waals surface area contributed by atoms with Crippen LogP contribution >= 0.6 is 22.9 Å². The quantitative estimate of drug-likeness (QED) is 0.663. The van der Waals surface area contributed by atoms with Gasteiger partial charge in [-0.3, -0.25) is 0 Å². The van der Waals surface area contributed by atoms with Crippen LogP contribution in [0.5, 0.6) is 11.6 Å². The predicted octanol–water partition coefficient (Wildman–Crippen LogP) is 4.54. The Hall–Kier alpha value is -1.78. The Morgan fingerprint density at radius 1 is 1.20 bits per heavy atom.